The van der Waals surface area contributed by atoms with Crippen LogP contribution in [0.5, 0.6) is 0 Å². The van der Waals surface area contributed by atoms with Gasteiger partial charge in [0, 0.05) is 51.2 Å². The Bertz CT molecular complexity index is 699. The number of nitrogens with zero attached hydrogens (tertiary/aromatic N) is 3. The molecule has 1 unspecified atom stereocenters. The van der Waals surface area contributed by atoms with Crippen molar-refractivity contribution in [3.8, 4) is 0 Å². The number of ether oxygens (including phenoxy) is 1. The van der Waals surface area contributed by atoms with Crippen molar-refractivity contribution < 1.29 is 14.3 Å². The summed E-state index contributed by atoms with van der Waals surface area (Å²) < 4.78 is 5.17. The molecule has 1 saturated heterocycles. The summed E-state index contributed by atoms with van der Waals surface area (Å²) in [5.41, 5.74) is 2.22. The maximum Gasteiger partial charge on any atom is 0.337 e. The standard InChI is InChI=1S/C19H27N5O3/c1-3-27-18(25)17-14(2)21-19(26)22-16(17)13-24-10-8-23(9-11-24)12-15-6-4-5-7-20-15/h4-7,14H,3,8-13H2,1-2H3,(H2,21,22,26). The number of pyridine rings is 1. The number of amides is 2. The fraction of sp³-hybridized carbons (Fsp3) is 0.526. The summed E-state index contributed by atoms with van der Waals surface area (Å²) in [7, 11) is 0. The highest BCUT2D eigenvalue weighted by Gasteiger charge is 2.31. The summed E-state index contributed by atoms with van der Waals surface area (Å²) in [5.74, 6) is -0.374. The molecule has 1 atom stereocenters. The quantitative estimate of drug-likeness (QED) is 0.715. The van der Waals surface area contributed by atoms with Crippen LogP contribution in [0.15, 0.2) is 35.7 Å². The van der Waals surface area contributed by atoms with Crippen LogP contribution in [-0.2, 0) is 16.1 Å². The van der Waals surface area contributed by atoms with Crippen molar-refractivity contribution in [2.24, 2.45) is 0 Å². The lowest BCUT2D eigenvalue weighted by molar-refractivity contribution is -0.139. The smallest absolute Gasteiger partial charge is 0.337 e. The number of piperazine rings is 1. The zero-order valence-corrected chi connectivity index (χ0v) is 15.9. The number of hydrogen-bond donors (Lipinski definition) is 2. The van der Waals surface area contributed by atoms with Gasteiger partial charge in [-0.25, -0.2) is 9.59 Å². The first-order chi connectivity index (χ1) is 13.1. The normalized spacial score (nSPS) is 21.6. The number of rotatable bonds is 6. The van der Waals surface area contributed by atoms with Crippen LogP contribution >= 0.6 is 0 Å². The number of hydrogen-bond acceptors (Lipinski definition) is 6. The van der Waals surface area contributed by atoms with E-state index in [2.05, 4.69) is 25.4 Å². The van der Waals surface area contributed by atoms with E-state index in [1.54, 1.807) is 13.8 Å². The van der Waals surface area contributed by atoms with Gasteiger partial charge in [0.1, 0.15) is 0 Å². The molecule has 1 aromatic rings. The van der Waals surface area contributed by atoms with Crippen molar-refractivity contribution in [1.29, 1.82) is 0 Å². The molecule has 0 aliphatic carbocycles. The lowest BCUT2D eigenvalue weighted by Crippen LogP contribution is -2.53. The van der Waals surface area contributed by atoms with E-state index < -0.39 is 0 Å². The SMILES string of the molecule is CCOC(=O)C1=C(CN2CCN(Cc3ccccn3)CC2)NC(=O)NC1C. The van der Waals surface area contributed by atoms with Crippen molar-refractivity contribution in [2.45, 2.75) is 26.4 Å². The van der Waals surface area contributed by atoms with Gasteiger partial charge < -0.3 is 15.4 Å². The fourth-order valence-corrected chi connectivity index (χ4v) is 3.45. The van der Waals surface area contributed by atoms with Gasteiger partial charge in [0.15, 0.2) is 0 Å². The van der Waals surface area contributed by atoms with Crippen LogP contribution in [0.4, 0.5) is 4.79 Å². The molecule has 0 spiro atoms. The van der Waals surface area contributed by atoms with Crippen LogP contribution in [0.2, 0.25) is 0 Å². The molecule has 0 bridgehead atoms. The van der Waals surface area contributed by atoms with E-state index in [4.69, 9.17) is 4.74 Å². The highest BCUT2D eigenvalue weighted by atomic mass is 16.5. The van der Waals surface area contributed by atoms with Gasteiger partial charge in [-0.1, -0.05) is 6.07 Å². The molecule has 3 heterocycles. The summed E-state index contributed by atoms with van der Waals surface area (Å²) in [5, 5.41) is 5.53. The first-order valence-electron chi connectivity index (χ1n) is 9.39. The molecule has 1 fully saturated rings. The Balaban J connectivity index is 1.61. The number of aromatic nitrogens is 1. The number of nitrogens with one attached hydrogen (secondary N) is 2. The molecular weight excluding hydrogens is 346 g/mol. The molecule has 0 radical (unpaired) electrons. The number of esters is 1. The third-order valence-corrected chi connectivity index (χ3v) is 4.82. The summed E-state index contributed by atoms with van der Waals surface area (Å²) in [6.45, 7) is 8.82. The maximum atomic E-state index is 12.3. The van der Waals surface area contributed by atoms with Gasteiger partial charge in [0.2, 0.25) is 0 Å². The summed E-state index contributed by atoms with van der Waals surface area (Å²) in [6, 6.07) is 5.32. The molecule has 0 aromatic carbocycles. The van der Waals surface area contributed by atoms with Crippen LogP contribution in [-0.4, -0.2) is 72.2 Å². The minimum Gasteiger partial charge on any atom is -0.463 e. The number of urea groups is 1. The Morgan fingerprint density at radius 3 is 2.56 bits per heavy atom. The third-order valence-electron chi connectivity index (χ3n) is 4.82. The van der Waals surface area contributed by atoms with Gasteiger partial charge in [0.05, 0.1) is 23.9 Å². The fourth-order valence-electron chi connectivity index (χ4n) is 3.45. The highest BCUT2D eigenvalue weighted by Crippen LogP contribution is 2.16. The first-order valence-corrected chi connectivity index (χ1v) is 9.39. The van der Waals surface area contributed by atoms with Gasteiger partial charge in [-0.3, -0.25) is 14.8 Å². The van der Waals surface area contributed by atoms with E-state index in [1.807, 2.05) is 24.4 Å². The molecule has 8 heteroatoms. The molecule has 2 amide bonds. The topological polar surface area (TPSA) is 86.8 Å². The average Bonchev–Trinajstić information content (AvgIpc) is 2.64. The molecule has 2 N–H and O–H groups in total. The Kier molecular flexibility index (Phi) is 6.41. The second-order valence-corrected chi connectivity index (χ2v) is 6.81. The van der Waals surface area contributed by atoms with Crippen molar-refractivity contribution in [3.63, 3.8) is 0 Å². The van der Waals surface area contributed by atoms with Gasteiger partial charge in [-0.2, -0.15) is 0 Å². The van der Waals surface area contributed by atoms with Gasteiger partial charge in [-0.15, -0.1) is 0 Å². The minimum absolute atomic E-state index is 0.278. The van der Waals surface area contributed by atoms with Crippen molar-refractivity contribution >= 4 is 12.0 Å². The Hall–Kier alpha value is -2.45. The van der Waals surface area contributed by atoms with Crippen molar-refractivity contribution in [1.82, 2.24) is 25.4 Å². The molecule has 2 aliphatic heterocycles. The Labute approximate surface area is 159 Å². The van der Waals surface area contributed by atoms with Crippen LogP contribution in [0.25, 0.3) is 0 Å². The molecule has 8 nitrogen and oxygen atoms in total. The lowest BCUT2D eigenvalue weighted by Gasteiger charge is -2.36. The molecule has 1 aromatic heterocycles. The molecule has 146 valence electrons. The molecule has 2 aliphatic rings. The number of carbonyl (C=O) groups excluding carboxylic acids is 2. The third kappa shape index (κ3) is 5.05. The molecule has 0 saturated carbocycles. The van der Waals surface area contributed by atoms with Crippen LogP contribution < -0.4 is 10.6 Å². The predicted octanol–water partition coefficient (Wildman–Crippen LogP) is 0.718. The van der Waals surface area contributed by atoms with Gasteiger partial charge in [-0.05, 0) is 26.0 Å². The largest absolute Gasteiger partial charge is 0.463 e. The minimum atomic E-state index is -0.374. The van der Waals surface area contributed by atoms with E-state index in [9.17, 15) is 9.59 Å². The Morgan fingerprint density at radius 2 is 1.93 bits per heavy atom. The van der Waals surface area contributed by atoms with E-state index in [1.165, 1.54) is 0 Å². The van der Waals surface area contributed by atoms with E-state index in [0.29, 0.717) is 24.4 Å². The number of carbonyl (C=O) groups is 2. The molecular formula is C19H27N5O3. The molecule has 27 heavy (non-hydrogen) atoms. The first kappa shape index (κ1) is 19.3. The maximum absolute atomic E-state index is 12.3. The van der Waals surface area contributed by atoms with Crippen LogP contribution in [0.3, 0.4) is 0 Å². The summed E-state index contributed by atoms with van der Waals surface area (Å²) >= 11 is 0. The zero-order chi connectivity index (χ0) is 19.2. The highest BCUT2D eigenvalue weighted by molar-refractivity contribution is 5.94. The van der Waals surface area contributed by atoms with Crippen LogP contribution in [0.1, 0.15) is 19.5 Å². The molecule has 3 rings (SSSR count). The van der Waals surface area contributed by atoms with Crippen molar-refractivity contribution in [2.75, 3.05) is 39.3 Å². The van der Waals surface area contributed by atoms with E-state index >= 15 is 0 Å². The monoisotopic (exact) mass is 373 g/mol. The Morgan fingerprint density at radius 1 is 1.22 bits per heavy atom. The average molecular weight is 373 g/mol. The zero-order valence-electron chi connectivity index (χ0n) is 15.9. The second kappa shape index (κ2) is 8.96. The lowest BCUT2D eigenvalue weighted by atomic mass is 10.0. The van der Waals surface area contributed by atoms with Gasteiger partial charge in [0.25, 0.3) is 0 Å². The van der Waals surface area contributed by atoms with E-state index in [-0.39, 0.29) is 18.0 Å². The summed E-state index contributed by atoms with van der Waals surface area (Å²) in [6.07, 6.45) is 1.82. The van der Waals surface area contributed by atoms with E-state index in [0.717, 1.165) is 38.4 Å². The summed E-state index contributed by atoms with van der Waals surface area (Å²) in [4.78, 5) is 33.2. The second-order valence-electron chi connectivity index (χ2n) is 6.81. The van der Waals surface area contributed by atoms with Gasteiger partial charge >= 0.3 is 12.0 Å². The van der Waals surface area contributed by atoms with Crippen molar-refractivity contribution in [3.05, 3.63) is 41.4 Å². The predicted molar refractivity (Wildman–Crippen MR) is 101 cm³/mol. The van der Waals surface area contributed by atoms with Crippen LogP contribution in [0, 0.1) is 0 Å².